The number of rotatable bonds is 15. The lowest BCUT2D eigenvalue weighted by Gasteiger charge is -2.10. The van der Waals surface area contributed by atoms with Crippen molar-refractivity contribution in [1.29, 1.82) is 0 Å². The van der Waals surface area contributed by atoms with Crippen LogP contribution < -0.4 is 0 Å². The fourth-order valence-electron chi connectivity index (χ4n) is 3.07. The SMILES string of the molecule is BrCCCCCc1cc(CCCCCBr)cc(CCCCCBr)c1.CC. The Balaban J connectivity index is 0.00000301. The molecule has 0 unspecified atom stereocenters. The highest BCUT2D eigenvalue weighted by Gasteiger charge is 2.03. The van der Waals surface area contributed by atoms with E-state index >= 15 is 0 Å². The molecule has 3 heteroatoms. The van der Waals surface area contributed by atoms with E-state index in [-0.39, 0.29) is 0 Å². The fourth-order valence-corrected chi connectivity index (χ4v) is 4.26. The number of alkyl halides is 3. The first kappa shape index (κ1) is 26.7. The highest BCUT2D eigenvalue weighted by atomic mass is 79.9. The van der Waals surface area contributed by atoms with Gasteiger partial charge in [-0.05, 0) is 74.5 Å². The summed E-state index contributed by atoms with van der Waals surface area (Å²) >= 11 is 10.6. The summed E-state index contributed by atoms with van der Waals surface area (Å²) in [6, 6.07) is 7.43. The minimum atomic E-state index is 1.14. The van der Waals surface area contributed by atoms with E-state index in [1.807, 2.05) is 13.8 Å². The second-order valence-electron chi connectivity index (χ2n) is 6.66. The van der Waals surface area contributed by atoms with Crippen molar-refractivity contribution in [3.63, 3.8) is 0 Å². The summed E-state index contributed by atoms with van der Waals surface area (Å²) in [7, 11) is 0. The summed E-state index contributed by atoms with van der Waals surface area (Å²) in [6.45, 7) is 4.00. The van der Waals surface area contributed by atoms with E-state index in [4.69, 9.17) is 0 Å². The molecule has 0 spiro atoms. The van der Waals surface area contributed by atoms with Gasteiger partial charge in [0.05, 0.1) is 0 Å². The van der Waals surface area contributed by atoms with Gasteiger partial charge in [0.1, 0.15) is 0 Å². The van der Waals surface area contributed by atoms with Crippen LogP contribution in [0.1, 0.15) is 88.3 Å². The van der Waals surface area contributed by atoms with E-state index in [2.05, 4.69) is 66.0 Å². The van der Waals surface area contributed by atoms with Crippen LogP contribution in [0.5, 0.6) is 0 Å². The third kappa shape index (κ3) is 14.7. The largest absolute Gasteiger partial charge is 0.0928 e. The highest BCUT2D eigenvalue weighted by molar-refractivity contribution is 9.09. The smallest absolute Gasteiger partial charge is 0.00313 e. The Labute approximate surface area is 188 Å². The molecule has 1 rings (SSSR count). The molecule has 0 nitrogen and oxygen atoms in total. The quantitative estimate of drug-likeness (QED) is 0.150. The molecule has 1 aromatic rings. The molecule has 0 saturated heterocycles. The summed E-state index contributed by atoms with van der Waals surface area (Å²) < 4.78 is 0. The molecule has 0 N–H and O–H groups in total. The normalized spacial score (nSPS) is 10.5. The second kappa shape index (κ2) is 20.4. The molecule has 0 heterocycles. The Hall–Kier alpha value is 0.660. The number of hydrogen-bond acceptors (Lipinski definition) is 0. The van der Waals surface area contributed by atoms with Gasteiger partial charge in [-0.25, -0.2) is 0 Å². The van der Waals surface area contributed by atoms with Crippen LogP contribution in [-0.4, -0.2) is 16.0 Å². The van der Waals surface area contributed by atoms with Gasteiger partial charge in [0.25, 0.3) is 0 Å². The van der Waals surface area contributed by atoms with Gasteiger partial charge < -0.3 is 0 Å². The maximum Gasteiger partial charge on any atom is 0.00313 e. The summed E-state index contributed by atoms with van der Waals surface area (Å²) in [5, 5.41) is 3.41. The lowest BCUT2D eigenvalue weighted by molar-refractivity contribution is 0.705. The Morgan fingerprint density at radius 1 is 0.462 bits per heavy atom. The van der Waals surface area contributed by atoms with Crippen LogP contribution in [0.25, 0.3) is 0 Å². The van der Waals surface area contributed by atoms with Gasteiger partial charge in [0.15, 0.2) is 0 Å². The van der Waals surface area contributed by atoms with Gasteiger partial charge in [-0.2, -0.15) is 0 Å². The van der Waals surface area contributed by atoms with E-state index in [9.17, 15) is 0 Å². The number of hydrogen-bond donors (Lipinski definition) is 0. The average molecular weight is 555 g/mol. The monoisotopic (exact) mass is 552 g/mol. The molecule has 0 bridgehead atoms. The molecule has 0 radical (unpaired) electrons. The number of benzene rings is 1. The summed E-state index contributed by atoms with van der Waals surface area (Å²) in [6.07, 6.45) is 15.6. The van der Waals surface area contributed by atoms with Crippen molar-refractivity contribution in [2.24, 2.45) is 0 Å². The molecular formula is C23H39Br3. The van der Waals surface area contributed by atoms with Crippen LogP contribution in [0, 0.1) is 0 Å². The van der Waals surface area contributed by atoms with Gasteiger partial charge in [-0.15, -0.1) is 0 Å². The molecule has 152 valence electrons. The van der Waals surface area contributed by atoms with Crippen LogP contribution in [-0.2, 0) is 19.3 Å². The first-order valence-corrected chi connectivity index (χ1v) is 14.0. The number of unbranched alkanes of at least 4 members (excludes halogenated alkanes) is 6. The van der Waals surface area contributed by atoms with Crippen LogP contribution in [0.2, 0.25) is 0 Å². The molecule has 0 atom stereocenters. The third-order valence-corrected chi connectivity index (χ3v) is 6.09. The molecule has 0 saturated carbocycles. The van der Waals surface area contributed by atoms with Crippen molar-refractivity contribution in [2.75, 3.05) is 16.0 Å². The molecule has 0 aliphatic heterocycles. The zero-order chi connectivity index (χ0) is 19.5. The van der Waals surface area contributed by atoms with Gasteiger partial charge in [0, 0.05) is 16.0 Å². The number of aryl methyl sites for hydroxylation is 3. The molecule has 0 aliphatic carbocycles. The predicted octanol–water partition coefficient (Wildman–Crippen LogP) is 9.04. The van der Waals surface area contributed by atoms with Gasteiger partial charge in [-0.1, -0.05) is 99.1 Å². The second-order valence-corrected chi connectivity index (χ2v) is 9.04. The maximum absolute atomic E-state index is 3.53. The minimum Gasteiger partial charge on any atom is -0.0928 e. The Bertz CT molecular complexity index is 344. The third-order valence-electron chi connectivity index (χ3n) is 4.41. The van der Waals surface area contributed by atoms with E-state index in [0.29, 0.717) is 0 Å². The van der Waals surface area contributed by atoms with Crippen molar-refractivity contribution in [3.05, 3.63) is 34.9 Å². The Morgan fingerprint density at radius 2 is 0.731 bits per heavy atom. The lowest BCUT2D eigenvalue weighted by atomic mass is 9.96. The van der Waals surface area contributed by atoms with Crippen LogP contribution >= 0.6 is 47.8 Å². The minimum absolute atomic E-state index is 1.14. The van der Waals surface area contributed by atoms with E-state index < -0.39 is 0 Å². The molecule has 0 amide bonds. The highest BCUT2D eigenvalue weighted by Crippen LogP contribution is 2.18. The summed E-state index contributed by atoms with van der Waals surface area (Å²) in [5.41, 5.74) is 4.70. The van der Waals surface area contributed by atoms with Crippen molar-refractivity contribution in [1.82, 2.24) is 0 Å². The molecule has 0 fully saturated rings. The summed E-state index contributed by atoms with van der Waals surface area (Å²) in [4.78, 5) is 0. The maximum atomic E-state index is 3.53. The van der Waals surface area contributed by atoms with Crippen LogP contribution in [0.15, 0.2) is 18.2 Å². The molecule has 0 aliphatic rings. The predicted molar refractivity (Wildman–Crippen MR) is 132 cm³/mol. The zero-order valence-corrected chi connectivity index (χ0v) is 21.7. The first-order chi connectivity index (χ1) is 12.8. The van der Waals surface area contributed by atoms with Crippen molar-refractivity contribution >= 4 is 47.8 Å². The Kier molecular flexibility index (Phi) is 20.9. The topological polar surface area (TPSA) is 0 Å². The molecule has 26 heavy (non-hydrogen) atoms. The standard InChI is InChI=1S/C21H33Br3.C2H6/c22-13-7-1-4-10-19-16-20(11-5-2-8-14-23)18-21(17-19)12-6-3-9-15-24;1-2/h16-18H,1-15H2;1-2H3. The van der Waals surface area contributed by atoms with Gasteiger partial charge in [-0.3, -0.25) is 0 Å². The van der Waals surface area contributed by atoms with Crippen LogP contribution in [0.4, 0.5) is 0 Å². The summed E-state index contributed by atoms with van der Waals surface area (Å²) in [5.74, 6) is 0. The molecule has 1 aromatic carbocycles. The first-order valence-electron chi connectivity index (χ1n) is 10.6. The molecular weight excluding hydrogens is 516 g/mol. The van der Waals surface area contributed by atoms with Gasteiger partial charge in [0.2, 0.25) is 0 Å². The Morgan fingerprint density at radius 3 is 0.962 bits per heavy atom. The number of halogens is 3. The van der Waals surface area contributed by atoms with Gasteiger partial charge >= 0.3 is 0 Å². The molecule has 0 aromatic heterocycles. The van der Waals surface area contributed by atoms with Crippen molar-refractivity contribution in [2.45, 2.75) is 90.9 Å². The van der Waals surface area contributed by atoms with E-state index in [1.54, 1.807) is 16.7 Å². The van der Waals surface area contributed by atoms with Crippen molar-refractivity contribution < 1.29 is 0 Å². The fraction of sp³-hybridized carbons (Fsp3) is 0.739. The zero-order valence-electron chi connectivity index (χ0n) is 17.0. The van der Waals surface area contributed by atoms with E-state index in [0.717, 1.165) is 16.0 Å². The van der Waals surface area contributed by atoms with E-state index in [1.165, 1.54) is 77.0 Å². The van der Waals surface area contributed by atoms with Crippen molar-refractivity contribution in [3.8, 4) is 0 Å². The van der Waals surface area contributed by atoms with Crippen LogP contribution in [0.3, 0.4) is 0 Å². The lowest BCUT2D eigenvalue weighted by Crippen LogP contribution is -1.96. The average Bonchev–Trinajstić information content (AvgIpc) is 2.67.